The van der Waals surface area contributed by atoms with Crippen molar-refractivity contribution in [2.24, 2.45) is 0 Å². The van der Waals surface area contributed by atoms with Gasteiger partial charge in [0, 0.05) is 36.3 Å². The summed E-state index contributed by atoms with van der Waals surface area (Å²) in [6.45, 7) is 5.08. The summed E-state index contributed by atoms with van der Waals surface area (Å²) in [5, 5.41) is 12.5. The Balaban J connectivity index is 1.37. The van der Waals surface area contributed by atoms with Gasteiger partial charge in [-0.25, -0.2) is 9.97 Å². The summed E-state index contributed by atoms with van der Waals surface area (Å²) in [7, 11) is 0. The van der Waals surface area contributed by atoms with Crippen molar-refractivity contribution in [1.82, 2.24) is 20.2 Å². The van der Waals surface area contributed by atoms with Crippen molar-refractivity contribution in [3.05, 3.63) is 60.3 Å². The number of anilines is 1. The Labute approximate surface area is 187 Å². The van der Waals surface area contributed by atoms with Gasteiger partial charge in [0.1, 0.15) is 17.3 Å². The number of phenols is 1. The monoisotopic (exact) mass is 433 g/mol. The van der Waals surface area contributed by atoms with Crippen LogP contribution in [-0.2, 0) is 4.74 Å². The predicted molar refractivity (Wildman–Crippen MR) is 123 cm³/mol. The zero-order valence-corrected chi connectivity index (χ0v) is 17.8. The van der Waals surface area contributed by atoms with E-state index in [4.69, 9.17) is 10.5 Å². The fourth-order valence-electron chi connectivity index (χ4n) is 3.59. The third kappa shape index (κ3) is 5.40. The average molecular weight is 434 g/mol. The van der Waals surface area contributed by atoms with Gasteiger partial charge in [0.2, 0.25) is 0 Å². The predicted octanol–water partition coefficient (Wildman–Crippen LogP) is 2.55. The summed E-state index contributed by atoms with van der Waals surface area (Å²) in [5.41, 5.74) is 9.41. The summed E-state index contributed by atoms with van der Waals surface area (Å²) in [6, 6.07) is 13.9. The molecule has 1 fully saturated rings. The number of carbonyl (C=O) groups excluding carboxylic acids is 1. The third-order valence-corrected chi connectivity index (χ3v) is 5.42. The third-order valence-electron chi connectivity index (χ3n) is 5.42. The molecule has 1 aliphatic heterocycles. The number of morpholine rings is 1. The number of hydrogen-bond acceptors (Lipinski definition) is 7. The number of nitrogen functional groups attached to an aromatic ring is 1. The van der Waals surface area contributed by atoms with Gasteiger partial charge in [-0.1, -0.05) is 12.1 Å². The highest BCUT2D eigenvalue weighted by atomic mass is 16.5. The molecule has 1 aliphatic rings. The Hall–Kier alpha value is -3.49. The van der Waals surface area contributed by atoms with Crippen LogP contribution >= 0.6 is 0 Å². The summed E-state index contributed by atoms with van der Waals surface area (Å²) in [6.07, 6.45) is 2.52. The fraction of sp³-hybridized carbons (Fsp3) is 0.292. The van der Waals surface area contributed by atoms with E-state index in [-0.39, 0.29) is 11.7 Å². The first-order chi connectivity index (χ1) is 15.6. The largest absolute Gasteiger partial charge is 0.508 e. The minimum atomic E-state index is -0.0910. The topological polar surface area (TPSA) is 114 Å². The standard InChI is InChI=1S/C24H27N5O3/c25-23-22(18-6-8-20(30)9-7-18)28-21(16-27-23)17-2-4-19(5-3-17)24(31)26-10-1-11-29-12-14-32-15-13-29/h2-9,16,30H,1,10-15H2,(H2,25,27)(H,26,31). The molecule has 0 spiro atoms. The molecule has 0 unspecified atom stereocenters. The lowest BCUT2D eigenvalue weighted by Crippen LogP contribution is -2.38. The molecule has 2 heterocycles. The van der Waals surface area contributed by atoms with E-state index < -0.39 is 0 Å². The number of carbonyl (C=O) groups is 1. The van der Waals surface area contributed by atoms with Gasteiger partial charge in [0.25, 0.3) is 5.91 Å². The smallest absolute Gasteiger partial charge is 0.251 e. The zero-order valence-electron chi connectivity index (χ0n) is 17.8. The first-order valence-electron chi connectivity index (χ1n) is 10.7. The lowest BCUT2D eigenvalue weighted by atomic mass is 10.1. The highest BCUT2D eigenvalue weighted by molar-refractivity contribution is 5.94. The molecule has 1 aromatic heterocycles. The number of rotatable bonds is 7. The quantitative estimate of drug-likeness (QED) is 0.491. The summed E-state index contributed by atoms with van der Waals surface area (Å²) in [4.78, 5) is 23.7. The van der Waals surface area contributed by atoms with Crippen molar-refractivity contribution in [3.63, 3.8) is 0 Å². The number of aromatic hydroxyl groups is 1. The molecule has 2 aromatic carbocycles. The zero-order chi connectivity index (χ0) is 22.3. The number of phenolic OH excluding ortho intramolecular Hbond substituents is 1. The van der Waals surface area contributed by atoms with Crippen LogP contribution in [0.5, 0.6) is 5.75 Å². The van der Waals surface area contributed by atoms with Crippen LogP contribution in [0.25, 0.3) is 22.5 Å². The van der Waals surface area contributed by atoms with Crippen LogP contribution in [0.1, 0.15) is 16.8 Å². The molecular formula is C24H27N5O3. The molecule has 1 saturated heterocycles. The van der Waals surface area contributed by atoms with E-state index in [1.807, 2.05) is 12.1 Å². The summed E-state index contributed by atoms with van der Waals surface area (Å²) >= 11 is 0. The van der Waals surface area contributed by atoms with Gasteiger partial charge in [-0.05, 0) is 49.4 Å². The van der Waals surface area contributed by atoms with E-state index in [1.165, 1.54) is 0 Å². The van der Waals surface area contributed by atoms with Crippen molar-refractivity contribution >= 4 is 11.7 Å². The van der Waals surface area contributed by atoms with E-state index >= 15 is 0 Å². The Morgan fingerprint density at radius 3 is 2.47 bits per heavy atom. The minimum Gasteiger partial charge on any atom is -0.508 e. The van der Waals surface area contributed by atoms with Crippen molar-refractivity contribution in [2.75, 3.05) is 45.1 Å². The molecule has 8 heteroatoms. The Bertz CT molecular complexity index is 1050. The molecule has 4 rings (SSSR count). The molecule has 8 nitrogen and oxygen atoms in total. The van der Waals surface area contributed by atoms with Crippen LogP contribution in [0.2, 0.25) is 0 Å². The van der Waals surface area contributed by atoms with E-state index in [2.05, 4.69) is 20.2 Å². The number of nitrogens with zero attached hydrogens (tertiary/aromatic N) is 3. The summed E-state index contributed by atoms with van der Waals surface area (Å²) < 4.78 is 5.35. The second kappa shape index (κ2) is 10.2. The highest BCUT2D eigenvalue weighted by Gasteiger charge is 2.12. The summed E-state index contributed by atoms with van der Waals surface area (Å²) in [5.74, 6) is 0.394. The molecular weight excluding hydrogens is 406 g/mol. The Kier molecular flexibility index (Phi) is 6.94. The maximum atomic E-state index is 12.4. The number of hydrogen-bond donors (Lipinski definition) is 3. The lowest BCUT2D eigenvalue weighted by molar-refractivity contribution is 0.0374. The number of amides is 1. The van der Waals surface area contributed by atoms with Crippen molar-refractivity contribution < 1.29 is 14.6 Å². The molecule has 32 heavy (non-hydrogen) atoms. The van der Waals surface area contributed by atoms with Crippen LogP contribution in [0.4, 0.5) is 5.82 Å². The second-order valence-electron chi connectivity index (χ2n) is 7.68. The van der Waals surface area contributed by atoms with Crippen LogP contribution in [-0.4, -0.2) is 65.3 Å². The van der Waals surface area contributed by atoms with Crippen molar-refractivity contribution in [3.8, 4) is 28.3 Å². The van der Waals surface area contributed by atoms with Gasteiger partial charge in [0.15, 0.2) is 0 Å². The molecule has 1 amide bonds. The average Bonchev–Trinajstić information content (AvgIpc) is 2.83. The molecule has 3 aromatic rings. The molecule has 0 radical (unpaired) electrons. The van der Waals surface area contributed by atoms with Gasteiger partial charge in [-0.3, -0.25) is 9.69 Å². The van der Waals surface area contributed by atoms with E-state index in [1.54, 1.807) is 42.6 Å². The number of aromatic nitrogens is 2. The first-order valence-corrected chi connectivity index (χ1v) is 10.7. The highest BCUT2D eigenvalue weighted by Crippen LogP contribution is 2.27. The number of nitrogens with one attached hydrogen (secondary N) is 1. The first kappa shape index (κ1) is 21.7. The maximum absolute atomic E-state index is 12.4. The number of ether oxygens (including phenoxy) is 1. The SMILES string of the molecule is Nc1ncc(-c2ccc(C(=O)NCCCN3CCOCC3)cc2)nc1-c1ccc(O)cc1. The molecule has 0 aliphatic carbocycles. The number of benzene rings is 2. The van der Waals surface area contributed by atoms with E-state index in [0.717, 1.165) is 50.4 Å². The molecule has 0 atom stereocenters. The van der Waals surface area contributed by atoms with E-state index in [0.29, 0.717) is 29.3 Å². The normalized spacial score (nSPS) is 14.2. The Morgan fingerprint density at radius 1 is 1.06 bits per heavy atom. The van der Waals surface area contributed by atoms with Crippen LogP contribution in [0.3, 0.4) is 0 Å². The van der Waals surface area contributed by atoms with Crippen molar-refractivity contribution in [2.45, 2.75) is 6.42 Å². The number of nitrogens with two attached hydrogens (primary N) is 1. The van der Waals surface area contributed by atoms with Gasteiger partial charge < -0.3 is 20.9 Å². The van der Waals surface area contributed by atoms with Gasteiger partial charge >= 0.3 is 0 Å². The Morgan fingerprint density at radius 2 is 1.75 bits per heavy atom. The van der Waals surface area contributed by atoms with E-state index in [9.17, 15) is 9.90 Å². The van der Waals surface area contributed by atoms with Gasteiger partial charge in [-0.15, -0.1) is 0 Å². The van der Waals surface area contributed by atoms with Gasteiger partial charge in [-0.2, -0.15) is 0 Å². The fourth-order valence-corrected chi connectivity index (χ4v) is 3.59. The van der Waals surface area contributed by atoms with Crippen molar-refractivity contribution in [1.29, 1.82) is 0 Å². The lowest BCUT2D eigenvalue weighted by Gasteiger charge is -2.26. The van der Waals surface area contributed by atoms with Crippen LogP contribution in [0.15, 0.2) is 54.7 Å². The maximum Gasteiger partial charge on any atom is 0.251 e. The molecule has 4 N–H and O–H groups in total. The minimum absolute atomic E-state index is 0.0910. The molecule has 0 saturated carbocycles. The second-order valence-corrected chi connectivity index (χ2v) is 7.68. The molecule has 0 bridgehead atoms. The van der Waals surface area contributed by atoms with Gasteiger partial charge in [0.05, 0.1) is 25.1 Å². The van der Waals surface area contributed by atoms with Crippen LogP contribution in [0, 0.1) is 0 Å². The van der Waals surface area contributed by atoms with Crippen LogP contribution < -0.4 is 11.1 Å². The molecule has 166 valence electrons.